The molecule has 0 aliphatic heterocycles. The molecule has 0 saturated carbocycles. The lowest BCUT2D eigenvalue weighted by molar-refractivity contribution is 0.0981. The predicted molar refractivity (Wildman–Crippen MR) is 72.5 cm³/mol. The van der Waals surface area contributed by atoms with Gasteiger partial charge in [0.15, 0.2) is 5.78 Å². The predicted octanol–water partition coefficient (Wildman–Crippen LogP) is 2.88. The van der Waals surface area contributed by atoms with Gasteiger partial charge in [-0.05, 0) is 34.0 Å². The van der Waals surface area contributed by atoms with Crippen molar-refractivity contribution in [1.82, 2.24) is 14.8 Å². The third kappa shape index (κ3) is 2.85. The smallest absolute Gasteiger partial charge is 0.186 e. The Bertz CT molecular complexity index is 536. The van der Waals surface area contributed by atoms with Crippen LogP contribution >= 0.6 is 15.9 Å². The van der Waals surface area contributed by atoms with Gasteiger partial charge >= 0.3 is 0 Å². The third-order valence-corrected chi connectivity index (χ3v) is 3.16. The monoisotopic (exact) mass is 307 g/mol. The number of hydrogen-bond donors (Lipinski definition) is 0. The van der Waals surface area contributed by atoms with Crippen LogP contribution in [0.25, 0.3) is 0 Å². The van der Waals surface area contributed by atoms with E-state index in [4.69, 9.17) is 0 Å². The summed E-state index contributed by atoms with van der Waals surface area (Å²) >= 11 is 3.38. The molecule has 2 rings (SSSR count). The van der Waals surface area contributed by atoms with Crippen LogP contribution in [0.4, 0.5) is 0 Å². The van der Waals surface area contributed by atoms with Gasteiger partial charge in [0.25, 0.3) is 0 Å². The Labute approximate surface area is 114 Å². The largest absolute Gasteiger partial charge is 0.292 e. The highest BCUT2D eigenvalue weighted by molar-refractivity contribution is 9.10. The Morgan fingerprint density at radius 1 is 1.44 bits per heavy atom. The van der Waals surface area contributed by atoms with Crippen LogP contribution in [0.1, 0.15) is 29.4 Å². The van der Waals surface area contributed by atoms with Crippen LogP contribution in [-0.4, -0.2) is 20.5 Å². The third-order valence-electron chi connectivity index (χ3n) is 2.58. The van der Waals surface area contributed by atoms with Gasteiger partial charge in [-0.15, -0.1) is 0 Å². The van der Waals surface area contributed by atoms with E-state index in [1.165, 1.54) is 0 Å². The number of pyridine rings is 1. The maximum absolute atomic E-state index is 12.3. The molecule has 2 aromatic rings. The fourth-order valence-electron chi connectivity index (χ4n) is 1.79. The number of rotatable bonds is 5. The summed E-state index contributed by atoms with van der Waals surface area (Å²) in [6.45, 7) is 2.81. The molecular formula is C13H14BrN3O. The van der Waals surface area contributed by atoms with Crippen molar-refractivity contribution in [3.8, 4) is 0 Å². The molecule has 0 unspecified atom stereocenters. The zero-order valence-corrected chi connectivity index (χ0v) is 11.7. The number of nitrogens with zero attached hydrogens (tertiary/aromatic N) is 3. The molecule has 0 radical (unpaired) electrons. The fraction of sp³-hybridized carbons (Fsp3) is 0.308. The number of hydrogen-bond acceptors (Lipinski definition) is 3. The molecule has 0 bridgehead atoms. The van der Waals surface area contributed by atoms with Crippen molar-refractivity contribution in [3.63, 3.8) is 0 Å². The van der Waals surface area contributed by atoms with Gasteiger partial charge in [0, 0.05) is 25.4 Å². The second-order valence-corrected chi connectivity index (χ2v) is 4.88. The quantitative estimate of drug-likeness (QED) is 0.798. The molecule has 0 fully saturated rings. The molecule has 2 heterocycles. The van der Waals surface area contributed by atoms with Gasteiger partial charge in [-0.3, -0.25) is 14.5 Å². The van der Waals surface area contributed by atoms with E-state index in [-0.39, 0.29) is 5.78 Å². The number of aryl methyl sites for hydroxylation is 1. The van der Waals surface area contributed by atoms with E-state index in [2.05, 4.69) is 32.9 Å². The maximum Gasteiger partial charge on any atom is 0.186 e. The molecule has 2 aromatic heterocycles. The van der Waals surface area contributed by atoms with Crippen LogP contribution in [0.3, 0.4) is 0 Å². The number of halogens is 1. The van der Waals surface area contributed by atoms with E-state index >= 15 is 0 Å². The van der Waals surface area contributed by atoms with Crippen LogP contribution in [0.15, 0.2) is 35.2 Å². The zero-order chi connectivity index (χ0) is 13.0. The summed E-state index contributed by atoms with van der Waals surface area (Å²) in [5, 5.41) is 4.20. The molecule has 94 valence electrons. The summed E-state index contributed by atoms with van der Waals surface area (Å²) < 4.78 is 2.51. The summed E-state index contributed by atoms with van der Waals surface area (Å²) in [7, 11) is 0. The van der Waals surface area contributed by atoms with Gasteiger partial charge < -0.3 is 0 Å². The van der Waals surface area contributed by atoms with Crippen LogP contribution in [0.2, 0.25) is 0 Å². The molecule has 0 spiro atoms. The first kappa shape index (κ1) is 13.0. The van der Waals surface area contributed by atoms with E-state index in [0.717, 1.165) is 23.0 Å². The normalized spacial score (nSPS) is 10.6. The van der Waals surface area contributed by atoms with Crippen molar-refractivity contribution >= 4 is 21.7 Å². The van der Waals surface area contributed by atoms with Crippen LogP contribution in [0.5, 0.6) is 0 Å². The van der Waals surface area contributed by atoms with Crippen molar-refractivity contribution in [2.45, 2.75) is 26.3 Å². The molecule has 0 aromatic carbocycles. The molecule has 0 aliphatic rings. The average Bonchev–Trinajstić information content (AvgIpc) is 2.72. The lowest BCUT2D eigenvalue weighted by atomic mass is 10.1. The molecule has 4 nitrogen and oxygen atoms in total. The second-order valence-electron chi connectivity index (χ2n) is 4.03. The molecule has 18 heavy (non-hydrogen) atoms. The number of carbonyl (C=O) groups excluding carboxylic acids is 1. The van der Waals surface area contributed by atoms with Crippen LogP contribution in [-0.2, 0) is 13.0 Å². The summed E-state index contributed by atoms with van der Waals surface area (Å²) in [4.78, 5) is 16.3. The fourth-order valence-corrected chi connectivity index (χ4v) is 2.31. The molecular weight excluding hydrogens is 294 g/mol. The van der Waals surface area contributed by atoms with Gasteiger partial charge in [0.05, 0.1) is 10.7 Å². The average molecular weight is 308 g/mol. The summed E-state index contributed by atoms with van der Waals surface area (Å²) in [5.74, 6) is 0.0563. The Morgan fingerprint density at radius 2 is 2.28 bits per heavy atom. The van der Waals surface area contributed by atoms with E-state index in [0.29, 0.717) is 12.1 Å². The highest BCUT2D eigenvalue weighted by Gasteiger charge is 2.17. The van der Waals surface area contributed by atoms with Crippen molar-refractivity contribution < 1.29 is 4.79 Å². The highest BCUT2D eigenvalue weighted by Crippen LogP contribution is 2.18. The Kier molecular flexibility index (Phi) is 4.25. The van der Waals surface area contributed by atoms with Gasteiger partial charge in [-0.25, -0.2) is 0 Å². The maximum atomic E-state index is 12.3. The summed E-state index contributed by atoms with van der Waals surface area (Å²) in [6, 6.07) is 3.74. The topological polar surface area (TPSA) is 47.8 Å². The van der Waals surface area contributed by atoms with E-state index in [9.17, 15) is 4.79 Å². The van der Waals surface area contributed by atoms with E-state index < -0.39 is 0 Å². The first-order valence-corrected chi connectivity index (χ1v) is 6.65. The van der Waals surface area contributed by atoms with Crippen molar-refractivity contribution in [3.05, 3.63) is 46.5 Å². The van der Waals surface area contributed by atoms with Crippen molar-refractivity contribution in [2.75, 3.05) is 0 Å². The Morgan fingerprint density at radius 3 is 2.94 bits per heavy atom. The summed E-state index contributed by atoms with van der Waals surface area (Å²) in [6.07, 6.45) is 6.38. The first-order valence-electron chi connectivity index (χ1n) is 5.85. The van der Waals surface area contributed by atoms with Crippen molar-refractivity contribution in [1.29, 1.82) is 0 Å². The van der Waals surface area contributed by atoms with Gasteiger partial charge in [0.1, 0.15) is 5.69 Å². The Hall–Kier alpha value is -1.49. The zero-order valence-electron chi connectivity index (χ0n) is 10.1. The lowest BCUT2D eigenvalue weighted by Crippen LogP contribution is -2.13. The molecule has 0 saturated heterocycles. The van der Waals surface area contributed by atoms with Gasteiger partial charge in [-0.2, -0.15) is 5.10 Å². The number of ketones is 1. The minimum atomic E-state index is 0.0563. The van der Waals surface area contributed by atoms with Crippen LogP contribution < -0.4 is 0 Å². The van der Waals surface area contributed by atoms with E-state index in [1.807, 2.05) is 12.1 Å². The molecule has 0 atom stereocenters. The van der Waals surface area contributed by atoms with Crippen molar-refractivity contribution in [2.24, 2.45) is 0 Å². The van der Waals surface area contributed by atoms with Gasteiger partial charge in [0.2, 0.25) is 0 Å². The van der Waals surface area contributed by atoms with Crippen LogP contribution in [0, 0.1) is 0 Å². The SMILES string of the molecule is CCCn1ncc(Br)c1C(=O)Cc1cccnc1. The number of Topliss-reactive ketones (excluding diaryl/α,β-unsaturated/α-hetero) is 1. The van der Waals surface area contributed by atoms with Gasteiger partial charge in [-0.1, -0.05) is 13.0 Å². The molecule has 0 N–H and O–H groups in total. The Balaban J connectivity index is 2.21. The molecule has 0 amide bonds. The van der Waals surface area contributed by atoms with E-state index in [1.54, 1.807) is 23.3 Å². The lowest BCUT2D eigenvalue weighted by Gasteiger charge is -2.06. The molecule has 0 aliphatic carbocycles. The number of aromatic nitrogens is 3. The second kappa shape index (κ2) is 5.91. The highest BCUT2D eigenvalue weighted by atomic mass is 79.9. The summed E-state index contributed by atoms with van der Waals surface area (Å²) in [5.41, 5.74) is 1.55. The number of carbonyl (C=O) groups is 1. The molecule has 5 heteroatoms. The minimum absolute atomic E-state index is 0.0563. The standard InChI is InChI=1S/C13H14BrN3O/c1-2-6-17-13(11(14)9-16-17)12(18)7-10-4-3-5-15-8-10/h3-5,8-9H,2,6-7H2,1H3. The first-order chi connectivity index (χ1) is 8.72. The minimum Gasteiger partial charge on any atom is -0.292 e.